The van der Waals surface area contributed by atoms with Gasteiger partial charge in [0, 0.05) is 19.5 Å². The molecule has 0 fully saturated rings. The van der Waals surface area contributed by atoms with Gasteiger partial charge in [0.15, 0.2) is 6.10 Å². The number of benzene rings is 3. The van der Waals surface area contributed by atoms with Gasteiger partial charge in [-0.05, 0) is 29.8 Å². The number of carbonyl (C=O) groups is 4. The number of hydrogen-bond donors (Lipinski definition) is 1. The molecule has 0 aliphatic carbocycles. The standard InChI is InChI=1S/C27H23N3O5/c31-24(14-15-29-26(33)19-10-4-5-11-20(19)27(29)34)30-17-23(35-22-13-7-6-12-21(22)30)25(32)28-16-18-8-2-1-3-9-18/h1-13,23H,14-17H2,(H,28,32). The monoisotopic (exact) mass is 469 g/mol. The third kappa shape index (κ3) is 4.38. The molecule has 1 N–H and O–H groups in total. The summed E-state index contributed by atoms with van der Waals surface area (Å²) in [4.78, 5) is 53.9. The minimum Gasteiger partial charge on any atom is -0.477 e. The number of ether oxygens (including phenoxy) is 1. The lowest BCUT2D eigenvalue weighted by atomic mass is 10.1. The fourth-order valence-corrected chi connectivity index (χ4v) is 4.29. The first kappa shape index (κ1) is 22.3. The normalized spacial score (nSPS) is 16.4. The number of nitrogens with zero attached hydrogens (tertiary/aromatic N) is 2. The van der Waals surface area contributed by atoms with Gasteiger partial charge in [-0.25, -0.2) is 0 Å². The van der Waals surface area contributed by atoms with Gasteiger partial charge < -0.3 is 15.0 Å². The van der Waals surface area contributed by atoms with Crippen molar-refractivity contribution in [3.05, 3.63) is 95.6 Å². The summed E-state index contributed by atoms with van der Waals surface area (Å²) in [6, 6.07) is 23.1. The molecule has 1 unspecified atom stereocenters. The molecule has 8 heteroatoms. The van der Waals surface area contributed by atoms with Gasteiger partial charge in [-0.2, -0.15) is 0 Å². The van der Waals surface area contributed by atoms with Crippen LogP contribution in [0.4, 0.5) is 5.69 Å². The molecule has 2 aliphatic heterocycles. The number of anilines is 1. The summed E-state index contributed by atoms with van der Waals surface area (Å²) in [6.45, 7) is 0.322. The van der Waals surface area contributed by atoms with E-state index in [0.717, 1.165) is 10.5 Å². The summed E-state index contributed by atoms with van der Waals surface area (Å²) < 4.78 is 5.89. The Bertz CT molecular complexity index is 1270. The maximum absolute atomic E-state index is 13.2. The van der Waals surface area contributed by atoms with E-state index in [0.29, 0.717) is 29.1 Å². The maximum atomic E-state index is 13.2. The van der Waals surface area contributed by atoms with Gasteiger partial charge in [0.1, 0.15) is 5.75 Å². The number of para-hydroxylation sites is 2. The van der Waals surface area contributed by atoms with E-state index in [1.54, 1.807) is 48.5 Å². The highest BCUT2D eigenvalue weighted by molar-refractivity contribution is 6.21. The van der Waals surface area contributed by atoms with Gasteiger partial charge >= 0.3 is 0 Å². The zero-order valence-corrected chi connectivity index (χ0v) is 18.8. The van der Waals surface area contributed by atoms with Crippen LogP contribution in [0.15, 0.2) is 78.9 Å². The third-order valence-corrected chi connectivity index (χ3v) is 6.10. The molecule has 35 heavy (non-hydrogen) atoms. The molecule has 3 aromatic rings. The lowest BCUT2D eigenvalue weighted by molar-refractivity contribution is -0.128. The highest BCUT2D eigenvalue weighted by Gasteiger charge is 2.37. The zero-order valence-electron chi connectivity index (χ0n) is 18.8. The van der Waals surface area contributed by atoms with Crippen molar-refractivity contribution in [2.45, 2.75) is 19.1 Å². The van der Waals surface area contributed by atoms with E-state index in [9.17, 15) is 19.2 Å². The second-order valence-electron chi connectivity index (χ2n) is 8.34. The smallest absolute Gasteiger partial charge is 0.263 e. The first-order valence-electron chi connectivity index (χ1n) is 11.4. The van der Waals surface area contributed by atoms with Crippen LogP contribution in [0.25, 0.3) is 0 Å². The van der Waals surface area contributed by atoms with Crippen LogP contribution >= 0.6 is 0 Å². The van der Waals surface area contributed by atoms with E-state index in [2.05, 4.69) is 5.32 Å². The molecule has 0 bridgehead atoms. The van der Waals surface area contributed by atoms with E-state index >= 15 is 0 Å². The predicted octanol–water partition coefficient (Wildman–Crippen LogP) is 2.78. The molecule has 1 atom stereocenters. The summed E-state index contributed by atoms with van der Waals surface area (Å²) >= 11 is 0. The van der Waals surface area contributed by atoms with Crippen LogP contribution < -0.4 is 15.0 Å². The van der Waals surface area contributed by atoms with Crippen molar-refractivity contribution in [1.82, 2.24) is 10.2 Å². The number of rotatable bonds is 6. The number of imide groups is 1. The molecule has 176 valence electrons. The minimum atomic E-state index is -0.892. The van der Waals surface area contributed by atoms with Crippen LogP contribution in [-0.4, -0.2) is 47.7 Å². The zero-order chi connectivity index (χ0) is 24.4. The highest BCUT2D eigenvalue weighted by atomic mass is 16.5. The van der Waals surface area contributed by atoms with Crippen molar-refractivity contribution in [3.8, 4) is 5.75 Å². The molecule has 0 saturated heterocycles. The van der Waals surface area contributed by atoms with E-state index in [1.807, 2.05) is 30.3 Å². The van der Waals surface area contributed by atoms with Gasteiger partial charge in [-0.3, -0.25) is 24.1 Å². The molecular weight excluding hydrogens is 446 g/mol. The molecule has 0 saturated carbocycles. The van der Waals surface area contributed by atoms with E-state index in [-0.39, 0.29) is 31.3 Å². The largest absolute Gasteiger partial charge is 0.477 e. The fraction of sp³-hybridized carbons (Fsp3) is 0.185. The minimum absolute atomic E-state index is 0.0264. The molecule has 8 nitrogen and oxygen atoms in total. The molecule has 5 rings (SSSR count). The van der Waals surface area contributed by atoms with Crippen molar-refractivity contribution >= 4 is 29.3 Å². The van der Waals surface area contributed by atoms with E-state index in [1.165, 1.54) is 4.90 Å². The van der Waals surface area contributed by atoms with Crippen LogP contribution in [0.2, 0.25) is 0 Å². The van der Waals surface area contributed by atoms with Crippen molar-refractivity contribution in [2.75, 3.05) is 18.0 Å². The van der Waals surface area contributed by atoms with Gasteiger partial charge in [0.2, 0.25) is 5.91 Å². The third-order valence-electron chi connectivity index (χ3n) is 6.10. The van der Waals surface area contributed by atoms with E-state index in [4.69, 9.17) is 4.74 Å². The van der Waals surface area contributed by atoms with Crippen molar-refractivity contribution in [3.63, 3.8) is 0 Å². The van der Waals surface area contributed by atoms with Crippen molar-refractivity contribution in [1.29, 1.82) is 0 Å². The van der Waals surface area contributed by atoms with Crippen LogP contribution in [0.5, 0.6) is 5.75 Å². The first-order chi connectivity index (χ1) is 17.0. The fourth-order valence-electron chi connectivity index (χ4n) is 4.29. The number of carbonyl (C=O) groups excluding carboxylic acids is 4. The summed E-state index contributed by atoms with van der Waals surface area (Å²) in [5.41, 5.74) is 2.19. The molecule has 0 aromatic heterocycles. The molecule has 3 aromatic carbocycles. The van der Waals surface area contributed by atoms with Crippen LogP contribution in [0.1, 0.15) is 32.7 Å². The van der Waals surface area contributed by atoms with E-state index < -0.39 is 17.9 Å². The highest BCUT2D eigenvalue weighted by Crippen LogP contribution is 2.34. The van der Waals surface area contributed by atoms with Gasteiger partial charge in [0.05, 0.1) is 23.4 Å². The number of hydrogen-bond acceptors (Lipinski definition) is 5. The first-order valence-corrected chi connectivity index (χ1v) is 11.4. The Morgan fingerprint density at radius 3 is 2.20 bits per heavy atom. The van der Waals surface area contributed by atoms with Crippen LogP contribution in [0, 0.1) is 0 Å². The molecule has 2 heterocycles. The lowest BCUT2D eigenvalue weighted by Crippen LogP contribution is -2.51. The Morgan fingerprint density at radius 2 is 1.49 bits per heavy atom. The molecule has 0 spiro atoms. The second kappa shape index (κ2) is 9.42. The maximum Gasteiger partial charge on any atom is 0.263 e. The van der Waals surface area contributed by atoms with Crippen LogP contribution in [-0.2, 0) is 16.1 Å². The quantitative estimate of drug-likeness (QED) is 0.560. The molecule has 2 aliphatic rings. The SMILES string of the molecule is O=C(NCc1ccccc1)C1CN(C(=O)CCN2C(=O)c3ccccc3C2=O)c2ccccc2O1. The summed E-state index contributed by atoms with van der Waals surface area (Å²) in [5.74, 6) is -1.02. The Hall–Kier alpha value is -4.46. The molecular formula is C27H23N3O5. The Labute approximate surface area is 202 Å². The topological polar surface area (TPSA) is 96.0 Å². The second-order valence-corrected chi connectivity index (χ2v) is 8.34. The summed E-state index contributed by atoms with van der Waals surface area (Å²) in [7, 11) is 0. The van der Waals surface area contributed by atoms with Gasteiger partial charge in [0.25, 0.3) is 17.7 Å². The number of amides is 4. The molecule has 4 amide bonds. The average Bonchev–Trinajstić information content (AvgIpc) is 3.15. The Kier molecular flexibility index (Phi) is 6.01. The average molecular weight is 469 g/mol. The predicted molar refractivity (Wildman–Crippen MR) is 128 cm³/mol. The number of nitrogens with one attached hydrogen (secondary N) is 1. The summed E-state index contributed by atoms with van der Waals surface area (Å²) in [5, 5.41) is 2.86. The Morgan fingerprint density at radius 1 is 0.857 bits per heavy atom. The van der Waals surface area contributed by atoms with Crippen LogP contribution in [0.3, 0.4) is 0 Å². The lowest BCUT2D eigenvalue weighted by Gasteiger charge is -2.34. The summed E-state index contributed by atoms with van der Waals surface area (Å²) in [6.07, 6.45) is -0.963. The van der Waals surface area contributed by atoms with Gasteiger partial charge in [-0.15, -0.1) is 0 Å². The van der Waals surface area contributed by atoms with Crippen molar-refractivity contribution < 1.29 is 23.9 Å². The molecule has 0 radical (unpaired) electrons. The Balaban J connectivity index is 1.27. The van der Waals surface area contributed by atoms with Crippen molar-refractivity contribution in [2.24, 2.45) is 0 Å². The van der Waals surface area contributed by atoms with Gasteiger partial charge in [-0.1, -0.05) is 54.6 Å². The number of fused-ring (bicyclic) bond motifs is 2.